The van der Waals surface area contributed by atoms with Crippen LogP contribution in [0.5, 0.6) is 5.75 Å². The monoisotopic (exact) mass is 515 g/mol. The Hall–Kier alpha value is -1.61. The van der Waals surface area contributed by atoms with E-state index < -0.39 is 10.8 Å². The van der Waals surface area contributed by atoms with Crippen LogP contribution in [0.3, 0.4) is 0 Å². The van der Waals surface area contributed by atoms with Crippen molar-refractivity contribution >= 4 is 40.7 Å². The largest absolute Gasteiger partial charge is 0.494 e. The average molecular weight is 515 g/mol. The molecule has 2 aromatic carbocycles. The number of guanidine groups is 1. The molecular weight excluding hydrogens is 485 g/mol. The fourth-order valence-electron chi connectivity index (χ4n) is 2.61. The molecule has 0 saturated carbocycles. The molecule has 0 saturated heterocycles. The molecule has 0 bridgehead atoms. The Morgan fingerprint density at radius 3 is 2.57 bits per heavy atom. The zero-order valence-corrected chi connectivity index (χ0v) is 19.9. The Kier molecular flexibility index (Phi) is 11.8. The third-order valence-electron chi connectivity index (χ3n) is 3.99. The van der Waals surface area contributed by atoms with Gasteiger partial charge in [-0.1, -0.05) is 42.5 Å². The topological polar surface area (TPSA) is 62.7 Å². The lowest BCUT2D eigenvalue weighted by Gasteiger charge is -2.15. The van der Waals surface area contributed by atoms with Crippen LogP contribution in [0.25, 0.3) is 0 Å². The van der Waals surface area contributed by atoms with Crippen molar-refractivity contribution < 1.29 is 8.95 Å². The lowest BCUT2D eigenvalue weighted by Crippen LogP contribution is -2.38. The summed E-state index contributed by atoms with van der Waals surface area (Å²) in [5, 5.41) is 6.51. The number of nitrogens with zero attached hydrogens (tertiary/aromatic N) is 1. The second-order valence-corrected chi connectivity index (χ2v) is 7.75. The first-order valence-corrected chi connectivity index (χ1v) is 10.7. The van der Waals surface area contributed by atoms with Gasteiger partial charge < -0.3 is 15.4 Å². The first-order chi connectivity index (χ1) is 13.1. The summed E-state index contributed by atoms with van der Waals surface area (Å²) in [4.78, 5) is 4.23. The predicted octanol–water partition coefficient (Wildman–Crippen LogP) is 3.63. The van der Waals surface area contributed by atoms with E-state index in [1.807, 2.05) is 43.3 Å². The van der Waals surface area contributed by atoms with Crippen LogP contribution in [0.4, 0.5) is 0 Å². The van der Waals surface area contributed by atoms with Gasteiger partial charge in [0, 0.05) is 48.0 Å². The van der Waals surface area contributed by atoms with Gasteiger partial charge in [0.05, 0.1) is 6.61 Å². The van der Waals surface area contributed by atoms with E-state index in [-0.39, 0.29) is 24.0 Å². The van der Waals surface area contributed by atoms with Crippen LogP contribution in [-0.2, 0) is 23.1 Å². The highest BCUT2D eigenvalue weighted by atomic mass is 127. The zero-order chi connectivity index (χ0) is 19.5. The van der Waals surface area contributed by atoms with Crippen LogP contribution < -0.4 is 15.4 Å². The number of ether oxygens (including phenoxy) is 1. The predicted molar refractivity (Wildman–Crippen MR) is 129 cm³/mol. The maximum absolute atomic E-state index is 12.2. The minimum Gasteiger partial charge on any atom is -0.494 e. The van der Waals surface area contributed by atoms with Crippen LogP contribution >= 0.6 is 24.0 Å². The first kappa shape index (κ1) is 24.4. The fraction of sp³-hybridized carbons (Fsp3) is 0.381. The summed E-state index contributed by atoms with van der Waals surface area (Å²) in [5.41, 5.74) is 3.35. The van der Waals surface area contributed by atoms with Gasteiger partial charge in [0.15, 0.2) is 5.96 Å². The minimum absolute atomic E-state index is 0. The summed E-state index contributed by atoms with van der Waals surface area (Å²) < 4.78 is 17.9. The Labute approximate surface area is 187 Å². The van der Waals surface area contributed by atoms with Gasteiger partial charge in [0.25, 0.3) is 0 Å². The fourth-order valence-corrected chi connectivity index (χ4v) is 3.65. The third kappa shape index (κ3) is 8.60. The first-order valence-electron chi connectivity index (χ1n) is 9.18. The highest BCUT2D eigenvalue weighted by Crippen LogP contribution is 2.20. The van der Waals surface area contributed by atoms with E-state index in [0.29, 0.717) is 37.2 Å². The van der Waals surface area contributed by atoms with E-state index in [1.165, 1.54) is 5.56 Å². The van der Waals surface area contributed by atoms with E-state index in [4.69, 9.17) is 4.74 Å². The number of hydrogen-bond donors (Lipinski definition) is 2. The lowest BCUT2D eigenvalue weighted by atomic mass is 10.1. The number of nitrogens with one attached hydrogen (secondary N) is 2. The number of aliphatic imine (C=N–C) groups is 1. The molecule has 1 unspecified atom stereocenters. The highest BCUT2D eigenvalue weighted by Gasteiger charge is 2.06. The van der Waals surface area contributed by atoms with Crippen LogP contribution in [0, 0.1) is 6.92 Å². The molecule has 0 spiro atoms. The molecule has 28 heavy (non-hydrogen) atoms. The smallest absolute Gasteiger partial charge is 0.191 e. The van der Waals surface area contributed by atoms with Crippen molar-refractivity contribution in [1.29, 1.82) is 0 Å². The molecule has 0 aliphatic heterocycles. The van der Waals surface area contributed by atoms with Crippen LogP contribution in [0.15, 0.2) is 53.5 Å². The lowest BCUT2D eigenvalue weighted by molar-refractivity contribution is 0.336. The maximum Gasteiger partial charge on any atom is 0.191 e. The molecule has 1 atom stereocenters. The summed E-state index contributed by atoms with van der Waals surface area (Å²) in [6, 6.07) is 16.1. The summed E-state index contributed by atoms with van der Waals surface area (Å²) >= 11 is 0. The molecule has 0 heterocycles. The van der Waals surface area contributed by atoms with Crippen molar-refractivity contribution in [3.8, 4) is 5.75 Å². The van der Waals surface area contributed by atoms with E-state index in [0.717, 1.165) is 16.9 Å². The van der Waals surface area contributed by atoms with Gasteiger partial charge in [-0.15, -0.1) is 24.0 Å². The second-order valence-electron chi connectivity index (χ2n) is 6.17. The van der Waals surface area contributed by atoms with E-state index in [2.05, 4.69) is 34.7 Å². The molecule has 2 N–H and O–H groups in total. The number of rotatable bonds is 9. The summed E-state index contributed by atoms with van der Waals surface area (Å²) in [7, 11) is 0.827. The normalized spacial score (nSPS) is 12.0. The Balaban J connectivity index is 0.00000392. The van der Waals surface area contributed by atoms with Gasteiger partial charge >= 0.3 is 0 Å². The molecule has 0 fully saturated rings. The Morgan fingerprint density at radius 1 is 1.14 bits per heavy atom. The van der Waals surface area contributed by atoms with E-state index >= 15 is 0 Å². The molecule has 5 nitrogen and oxygen atoms in total. The van der Waals surface area contributed by atoms with Crippen molar-refractivity contribution in [2.24, 2.45) is 4.99 Å². The highest BCUT2D eigenvalue weighted by molar-refractivity contribution is 14.0. The van der Waals surface area contributed by atoms with Crippen LogP contribution in [0.2, 0.25) is 0 Å². The molecule has 154 valence electrons. The minimum atomic E-state index is -0.904. The van der Waals surface area contributed by atoms with Crippen molar-refractivity contribution in [3.05, 3.63) is 65.2 Å². The molecular formula is C21H30IN3O2S. The molecule has 2 aromatic rings. The Bertz CT molecular complexity index is 770. The van der Waals surface area contributed by atoms with E-state index in [1.54, 1.807) is 7.05 Å². The molecule has 0 radical (unpaired) electrons. The number of halogens is 1. The van der Waals surface area contributed by atoms with Crippen molar-refractivity contribution in [1.82, 2.24) is 10.6 Å². The second kappa shape index (κ2) is 13.5. The van der Waals surface area contributed by atoms with Gasteiger partial charge in [-0.3, -0.25) is 9.20 Å². The number of aryl methyl sites for hydroxylation is 1. The SMILES string of the molecule is CCOc1cc(C)ccc1CNC(=NC)NCCS(=O)Cc1ccccc1.I. The van der Waals surface area contributed by atoms with E-state index in [9.17, 15) is 4.21 Å². The molecule has 7 heteroatoms. The zero-order valence-electron chi connectivity index (χ0n) is 16.7. The van der Waals surface area contributed by atoms with Crippen molar-refractivity contribution in [2.45, 2.75) is 26.1 Å². The van der Waals surface area contributed by atoms with Gasteiger partial charge in [0.2, 0.25) is 0 Å². The van der Waals surface area contributed by atoms with Gasteiger partial charge in [-0.2, -0.15) is 0 Å². The van der Waals surface area contributed by atoms with Gasteiger partial charge in [-0.25, -0.2) is 0 Å². The summed E-state index contributed by atoms with van der Waals surface area (Å²) in [6.07, 6.45) is 0. The maximum atomic E-state index is 12.2. The molecule has 0 aromatic heterocycles. The number of benzene rings is 2. The number of hydrogen-bond acceptors (Lipinski definition) is 3. The summed E-state index contributed by atoms with van der Waals surface area (Å²) in [6.45, 7) is 5.88. The average Bonchev–Trinajstić information content (AvgIpc) is 2.67. The van der Waals surface area contributed by atoms with Crippen LogP contribution in [-0.4, -0.2) is 36.1 Å². The van der Waals surface area contributed by atoms with Gasteiger partial charge in [0.1, 0.15) is 5.75 Å². The molecule has 2 rings (SSSR count). The third-order valence-corrected chi connectivity index (χ3v) is 5.30. The quantitative estimate of drug-likeness (QED) is 0.304. The van der Waals surface area contributed by atoms with Gasteiger partial charge in [-0.05, 0) is 31.0 Å². The van der Waals surface area contributed by atoms with Crippen LogP contribution in [0.1, 0.15) is 23.6 Å². The van der Waals surface area contributed by atoms with Crippen molar-refractivity contribution in [2.75, 3.05) is 26.0 Å². The summed E-state index contributed by atoms with van der Waals surface area (Å²) in [5.74, 6) is 2.74. The standard InChI is InChI=1S/C21H29N3O2S.HI/c1-4-26-20-14-17(2)10-11-19(20)15-24-21(22-3)23-12-13-27(25)16-18-8-6-5-7-9-18;/h5-11,14H,4,12-13,15-16H2,1-3H3,(H2,22,23,24);1H. The van der Waals surface area contributed by atoms with Crippen molar-refractivity contribution in [3.63, 3.8) is 0 Å². The molecule has 0 amide bonds. The molecule has 0 aliphatic carbocycles. The molecule has 0 aliphatic rings. The Morgan fingerprint density at radius 2 is 1.89 bits per heavy atom.